The van der Waals surface area contributed by atoms with Gasteiger partial charge in [0, 0.05) is 31.6 Å². The van der Waals surface area contributed by atoms with Crippen LogP contribution in [0.25, 0.3) is 0 Å². The maximum Gasteiger partial charge on any atom is 0.341 e. The van der Waals surface area contributed by atoms with E-state index in [-0.39, 0.29) is 19.1 Å². The number of benzene rings is 1. The summed E-state index contributed by atoms with van der Waals surface area (Å²) in [5, 5.41) is 11.6. The van der Waals surface area contributed by atoms with E-state index in [4.69, 9.17) is 16.3 Å². The molecule has 2 rings (SSSR count). The molecule has 0 spiro atoms. The normalized spacial score (nSPS) is 12.8. The number of rotatable bonds is 6. The molecular formula is C21H24N2O5. The maximum atomic E-state index is 12.3. The van der Waals surface area contributed by atoms with Gasteiger partial charge in [-0.1, -0.05) is 17.6 Å². The summed E-state index contributed by atoms with van der Waals surface area (Å²) >= 11 is 0. The average molecular weight is 384 g/mol. The number of amides is 2. The number of fused-ring (bicyclic) bond motifs is 1. The first-order chi connectivity index (χ1) is 13.2. The molecule has 0 atom stereocenters. The molecule has 0 aliphatic carbocycles. The predicted octanol–water partition coefficient (Wildman–Crippen LogP) is 3.09. The van der Waals surface area contributed by atoms with Crippen molar-refractivity contribution in [2.24, 2.45) is 0 Å². The van der Waals surface area contributed by atoms with Gasteiger partial charge in [-0.2, -0.15) is 0 Å². The summed E-state index contributed by atoms with van der Waals surface area (Å²) in [6.07, 6.45) is 8.42. The lowest BCUT2D eigenvalue weighted by Gasteiger charge is -2.20. The third-order valence-corrected chi connectivity index (χ3v) is 4.71. The molecule has 1 aliphatic heterocycles. The Morgan fingerprint density at radius 1 is 1.36 bits per heavy atom. The van der Waals surface area contributed by atoms with E-state index in [2.05, 4.69) is 11.2 Å². The highest BCUT2D eigenvalue weighted by atomic mass is 16.5. The van der Waals surface area contributed by atoms with Crippen LogP contribution >= 0.6 is 0 Å². The summed E-state index contributed by atoms with van der Waals surface area (Å²) in [5.41, 5.74) is 4.28. The van der Waals surface area contributed by atoms with Crippen molar-refractivity contribution in [1.82, 2.24) is 4.90 Å². The summed E-state index contributed by atoms with van der Waals surface area (Å²) in [6, 6.07) is -0.387. The molecule has 0 saturated carbocycles. The molecule has 28 heavy (non-hydrogen) atoms. The molecule has 148 valence electrons. The van der Waals surface area contributed by atoms with Crippen LogP contribution in [-0.4, -0.2) is 42.1 Å². The van der Waals surface area contributed by atoms with Crippen LogP contribution < -0.4 is 5.32 Å². The molecule has 1 aromatic rings. The van der Waals surface area contributed by atoms with Gasteiger partial charge in [0.1, 0.15) is 6.61 Å². The third-order valence-electron chi connectivity index (χ3n) is 4.71. The highest BCUT2D eigenvalue weighted by Gasteiger charge is 2.32. The zero-order chi connectivity index (χ0) is 21.0. The lowest BCUT2D eigenvalue weighted by molar-refractivity contribution is -0.136. The van der Waals surface area contributed by atoms with Crippen molar-refractivity contribution in [1.29, 1.82) is 0 Å². The number of carbonyl (C=O) groups excluding carboxylic acids is 2. The Bertz CT molecular complexity index is 907. The molecule has 1 aromatic carbocycles. The number of nitrogens with zero attached hydrogens (tertiary/aromatic N) is 1. The number of terminal acetylenes is 1. The minimum Gasteiger partial charge on any atom is -0.481 e. The average Bonchev–Trinajstić information content (AvgIpc) is 3.02. The summed E-state index contributed by atoms with van der Waals surface area (Å²) in [7, 11) is 3.19. The van der Waals surface area contributed by atoms with Crippen molar-refractivity contribution < 1.29 is 24.2 Å². The fraction of sp³-hybridized carbons (Fsp3) is 0.381. The van der Waals surface area contributed by atoms with Gasteiger partial charge in [-0.15, -0.1) is 6.42 Å². The molecule has 0 saturated heterocycles. The Morgan fingerprint density at radius 3 is 2.61 bits per heavy atom. The van der Waals surface area contributed by atoms with Gasteiger partial charge < -0.3 is 20.1 Å². The van der Waals surface area contributed by atoms with Crippen LogP contribution in [0.3, 0.4) is 0 Å². The van der Waals surface area contributed by atoms with E-state index in [1.54, 1.807) is 14.1 Å². The zero-order valence-corrected chi connectivity index (χ0v) is 16.5. The van der Waals surface area contributed by atoms with Gasteiger partial charge in [0.05, 0.1) is 11.3 Å². The van der Waals surface area contributed by atoms with E-state index in [0.717, 1.165) is 11.1 Å². The lowest BCUT2D eigenvalue weighted by Crippen LogP contribution is -2.29. The standard InChI is InChI=1S/C21H24N2O5/c1-6-14-13(3)16-11-28-20(26)18(16)19(22-21(27)23(4)5)15(14)9-7-12(2)8-10-17(24)25/h1,7H,8-11H2,2-5H3,(H,22,27)(H,24,25). The maximum absolute atomic E-state index is 12.3. The second-order valence-electron chi connectivity index (χ2n) is 6.90. The van der Waals surface area contributed by atoms with E-state index in [0.29, 0.717) is 40.8 Å². The van der Waals surface area contributed by atoms with E-state index in [1.165, 1.54) is 4.90 Å². The Labute approximate surface area is 164 Å². The van der Waals surface area contributed by atoms with Crippen LogP contribution in [0.1, 0.15) is 52.4 Å². The number of allylic oxidation sites excluding steroid dienone is 2. The molecule has 7 nitrogen and oxygen atoms in total. The predicted molar refractivity (Wildman–Crippen MR) is 105 cm³/mol. The van der Waals surface area contributed by atoms with Gasteiger partial charge in [-0.05, 0) is 37.8 Å². The molecule has 0 fully saturated rings. The quantitative estimate of drug-likeness (QED) is 0.446. The molecule has 7 heteroatoms. The molecule has 0 unspecified atom stereocenters. The summed E-state index contributed by atoms with van der Waals surface area (Å²) in [5.74, 6) is 1.31. The van der Waals surface area contributed by atoms with Crippen molar-refractivity contribution in [3.05, 3.63) is 39.5 Å². The second-order valence-corrected chi connectivity index (χ2v) is 6.90. The number of hydrogen-bond acceptors (Lipinski definition) is 4. The van der Waals surface area contributed by atoms with Crippen molar-refractivity contribution in [2.75, 3.05) is 19.4 Å². The van der Waals surface area contributed by atoms with Crippen LogP contribution in [0.2, 0.25) is 0 Å². The van der Waals surface area contributed by atoms with E-state index >= 15 is 0 Å². The van der Waals surface area contributed by atoms with Gasteiger partial charge in [-0.25, -0.2) is 9.59 Å². The van der Waals surface area contributed by atoms with Gasteiger partial charge >= 0.3 is 18.0 Å². The SMILES string of the molecule is C#Cc1c(C)c2c(c(NC(=O)N(C)C)c1CC=C(C)CCC(=O)O)C(=O)OC2. The molecule has 2 amide bonds. The van der Waals surface area contributed by atoms with Gasteiger partial charge in [0.2, 0.25) is 0 Å². The Morgan fingerprint density at radius 2 is 2.04 bits per heavy atom. The fourth-order valence-electron chi connectivity index (χ4n) is 3.05. The zero-order valence-electron chi connectivity index (χ0n) is 16.5. The van der Waals surface area contributed by atoms with Crippen molar-refractivity contribution in [3.8, 4) is 12.3 Å². The summed E-state index contributed by atoms with van der Waals surface area (Å²) in [6.45, 7) is 3.79. The molecule has 0 aromatic heterocycles. The van der Waals surface area contributed by atoms with Crippen LogP contribution in [0.4, 0.5) is 10.5 Å². The number of esters is 1. The number of nitrogens with one attached hydrogen (secondary N) is 1. The number of carboxylic acid groups (broad SMARTS) is 1. The van der Waals surface area contributed by atoms with E-state index in [9.17, 15) is 14.4 Å². The van der Waals surface area contributed by atoms with Gasteiger partial charge in [0.25, 0.3) is 0 Å². The van der Waals surface area contributed by atoms with Crippen LogP contribution in [0, 0.1) is 19.3 Å². The number of cyclic esters (lactones) is 1. The minimum absolute atomic E-state index is 0.0318. The van der Waals surface area contributed by atoms with Crippen LogP contribution in [-0.2, 0) is 22.6 Å². The van der Waals surface area contributed by atoms with Crippen molar-refractivity contribution in [3.63, 3.8) is 0 Å². The number of hydrogen-bond donors (Lipinski definition) is 2. The molecule has 1 aliphatic rings. The number of aliphatic carboxylic acids is 1. The number of anilines is 1. The topological polar surface area (TPSA) is 95.9 Å². The smallest absolute Gasteiger partial charge is 0.341 e. The van der Waals surface area contributed by atoms with E-state index in [1.807, 2.05) is 19.9 Å². The van der Waals surface area contributed by atoms with Crippen molar-refractivity contribution in [2.45, 2.75) is 39.7 Å². The number of carboxylic acids is 1. The highest BCUT2D eigenvalue weighted by molar-refractivity contribution is 6.05. The Kier molecular flexibility index (Phi) is 6.47. The highest BCUT2D eigenvalue weighted by Crippen LogP contribution is 2.37. The minimum atomic E-state index is -0.868. The second kappa shape index (κ2) is 8.61. The van der Waals surface area contributed by atoms with E-state index < -0.39 is 11.9 Å². The van der Waals surface area contributed by atoms with Gasteiger partial charge in [-0.3, -0.25) is 4.79 Å². The first-order valence-corrected chi connectivity index (χ1v) is 8.85. The van der Waals surface area contributed by atoms with Gasteiger partial charge in [0.15, 0.2) is 0 Å². The first kappa shape index (κ1) is 21.0. The van der Waals surface area contributed by atoms with Crippen LogP contribution in [0.5, 0.6) is 0 Å². The monoisotopic (exact) mass is 384 g/mol. The number of ether oxygens (including phenoxy) is 1. The largest absolute Gasteiger partial charge is 0.481 e. The Hall–Kier alpha value is -3.27. The molecule has 0 bridgehead atoms. The third kappa shape index (κ3) is 4.34. The molecule has 2 N–H and O–H groups in total. The first-order valence-electron chi connectivity index (χ1n) is 8.85. The molecule has 0 radical (unpaired) electrons. The molecular weight excluding hydrogens is 360 g/mol. The summed E-state index contributed by atoms with van der Waals surface area (Å²) in [4.78, 5) is 36.8. The fourth-order valence-corrected chi connectivity index (χ4v) is 3.05. The summed E-state index contributed by atoms with van der Waals surface area (Å²) < 4.78 is 5.18. The van der Waals surface area contributed by atoms with Crippen LogP contribution in [0.15, 0.2) is 11.6 Å². The number of carbonyl (C=O) groups is 3. The lowest BCUT2D eigenvalue weighted by atomic mass is 9.89. The number of urea groups is 1. The Balaban J connectivity index is 2.57. The van der Waals surface area contributed by atoms with Crippen molar-refractivity contribution >= 4 is 23.7 Å². The molecule has 1 heterocycles.